The van der Waals surface area contributed by atoms with Gasteiger partial charge in [0.25, 0.3) is 0 Å². The summed E-state index contributed by atoms with van der Waals surface area (Å²) in [6.07, 6.45) is 0. The minimum absolute atomic E-state index is 0.0633. The van der Waals surface area contributed by atoms with E-state index in [0.29, 0.717) is 5.30 Å². The van der Waals surface area contributed by atoms with Crippen LogP contribution in [0.2, 0.25) is 0 Å². The highest BCUT2D eigenvalue weighted by molar-refractivity contribution is 7.68. The average Bonchev–Trinajstić information content (AvgIpc) is 3.48. The molecule has 0 aliphatic heterocycles. The predicted octanol–water partition coefficient (Wildman–Crippen LogP) is 7.72. The number of fused-ring (bicyclic) bond motifs is 1. The van der Waals surface area contributed by atoms with E-state index < -0.39 is 13.5 Å². The van der Waals surface area contributed by atoms with E-state index in [4.69, 9.17) is 8.94 Å². The van der Waals surface area contributed by atoms with Gasteiger partial charge in [0.05, 0.1) is 11.0 Å². The molecule has 2 N–H and O–H groups in total. The lowest BCUT2D eigenvalue weighted by molar-refractivity contribution is 0.0703. The van der Waals surface area contributed by atoms with Gasteiger partial charge in [-0.2, -0.15) is 0 Å². The number of hydrogen-bond donors (Lipinski definition) is 2. The van der Waals surface area contributed by atoms with Gasteiger partial charge < -0.3 is 19.1 Å². The Bertz CT molecular complexity index is 1600. The lowest BCUT2D eigenvalue weighted by atomic mass is 10.1. The first kappa shape index (κ1) is 24.1. The number of anilines is 1. The number of thiophene rings is 1. The zero-order valence-corrected chi connectivity index (χ0v) is 21.7. The molecule has 1 atom stereocenters. The van der Waals surface area contributed by atoms with Crippen LogP contribution in [-0.2, 0) is 9.09 Å². The maximum atomic E-state index is 13.7. The van der Waals surface area contributed by atoms with Gasteiger partial charge in [-0.25, -0.2) is 4.79 Å². The molecule has 3 aromatic carbocycles. The molecule has 0 spiro atoms. The van der Waals surface area contributed by atoms with E-state index >= 15 is 0 Å². The molecule has 36 heavy (non-hydrogen) atoms. The number of carbonyl (C=O) groups is 1. The summed E-state index contributed by atoms with van der Waals surface area (Å²) in [6.45, 7) is 3.81. The largest absolute Gasteiger partial charge is 0.477 e. The Morgan fingerprint density at radius 3 is 2.36 bits per heavy atom. The van der Waals surface area contributed by atoms with Crippen molar-refractivity contribution in [3.8, 4) is 21.8 Å². The van der Waals surface area contributed by atoms with Crippen LogP contribution in [0, 0.1) is 13.8 Å². The molecule has 8 heteroatoms. The van der Waals surface area contributed by atoms with Crippen LogP contribution < -0.4 is 10.4 Å². The Morgan fingerprint density at radius 1 is 0.972 bits per heavy atom. The van der Waals surface area contributed by atoms with E-state index in [1.54, 1.807) is 12.1 Å². The summed E-state index contributed by atoms with van der Waals surface area (Å²) in [4.78, 5) is 12.8. The van der Waals surface area contributed by atoms with Crippen LogP contribution in [0.3, 0.4) is 0 Å². The van der Waals surface area contributed by atoms with E-state index in [1.807, 2.05) is 80.6 Å². The third-order valence-electron chi connectivity index (χ3n) is 6.00. The highest BCUT2D eigenvalue weighted by Gasteiger charge is 2.30. The number of aryl methyl sites for hydroxylation is 2. The molecular formula is C28H24NO5PS. The Balaban J connectivity index is 1.48. The van der Waals surface area contributed by atoms with Crippen molar-refractivity contribution in [2.24, 2.45) is 0 Å². The zero-order valence-electron chi connectivity index (χ0n) is 19.9. The summed E-state index contributed by atoms with van der Waals surface area (Å²) in [6, 6.07) is 24.8. The molecule has 1 unspecified atom stereocenters. The molecule has 5 rings (SSSR count). The number of nitrogens with one attached hydrogen (secondary N) is 1. The van der Waals surface area contributed by atoms with E-state index in [2.05, 4.69) is 5.09 Å². The maximum absolute atomic E-state index is 13.7. The van der Waals surface area contributed by atoms with Gasteiger partial charge in [-0.3, -0.25) is 4.57 Å². The van der Waals surface area contributed by atoms with Gasteiger partial charge in [-0.05, 0) is 49.2 Å². The number of aromatic carboxylic acids is 1. The summed E-state index contributed by atoms with van der Waals surface area (Å²) in [5, 5.41) is 14.3. The molecule has 0 radical (unpaired) electrons. The predicted molar refractivity (Wildman–Crippen MR) is 146 cm³/mol. The van der Waals surface area contributed by atoms with Crippen molar-refractivity contribution in [2.45, 2.75) is 13.8 Å². The highest BCUT2D eigenvalue weighted by Crippen LogP contribution is 2.49. The summed E-state index contributed by atoms with van der Waals surface area (Å²) in [7, 11) is -2.20. The van der Waals surface area contributed by atoms with Gasteiger partial charge in [0.2, 0.25) is 0 Å². The van der Waals surface area contributed by atoms with Crippen molar-refractivity contribution in [3.63, 3.8) is 0 Å². The normalized spacial score (nSPS) is 13.0. The molecule has 0 amide bonds. The number of benzene rings is 3. The Labute approximate surface area is 212 Å². The summed E-state index contributed by atoms with van der Waals surface area (Å²) >= 11 is 1.12. The number of para-hydroxylation sites is 1. The SMILES string of the molecule is COP(=O)(Nc1cc(-c2ccc(-c3cc4ccccc4o3)cc2)sc1C(=O)O)c1ccc(C)cc1C. The second kappa shape index (κ2) is 9.43. The number of rotatable bonds is 7. The third kappa shape index (κ3) is 4.49. The van der Waals surface area contributed by atoms with E-state index in [-0.39, 0.29) is 10.6 Å². The fourth-order valence-corrected chi connectivity index (χ4v) is 6.93. The average molecular weight is 518 g/mol. The van der Waals surface area contributed by atoms with Gasteiger partial charge in [0.15, 0.2) is 0 Å². The molecule has 5 aromatic rings. The number of carboxylic acids is 1. The van der Waals surface area contributed by atoms with Crippen LogP contribution in [0.4, 0.5) is 5.69 Å². The van der Waals surface area contributed by atoms with Crippen LogP contribution >= 0.6 is 18.9 Å². The zero-order chi connectivity index (χ0) is 25.4. The fourth-order valence-electron chi connectivity index (χ4n) is 4.20. The minimum atomic E-state index is -3.56. The maximum Gasteiger partial charge on any atom is 0.348 e. The van der Waals surface area contributed by atoms with Gasteiger partial charge in [-0.15, -0.1) is 11.3 Å². The van der Waals surface area contributed by atoms with Crippen molar-refractivity contribution in [1.82, 2.24) is 0 Å². The first-order valence-corrected chi connectivity index (χ1v) is 13.7. The third-order valence-corrected chi connectivity index (χ3v) is 9.36. The van der Waals surface area contributed by atoms with Crippen LogP contribution in [-0.4, -0.2) is 18.2 Å². The van der Waals surface area contributed by atoms with Crippen LogP contribution in [0.25, 0.3) is 32.7 Å². The van der Waals surface area contributed by atoms with Gasteiger partial charge in [0.1, 0.15) is 16.2 Å². The second-order valence-corrected chi connectivity index (χ2v) is 11.7. The molecule has 0 aliphatic rings. The van der Waals surface area contributed by atoms with Gasteiger partial charge in [-0.1, -0.05) is 60.2 Å². The molecule has 2 heterocycles. The van der Waals surface area contributed by atoms with Gasteiger partial charge >= 0.3 is 13.5 Å². The minimum Gasteiger partial charge on any atom is -0.477 e. The summed E-state index contributed by atoms with van der Waals surface area (Å²) in [5.74, 6) is -0.340. The number of hydrogen-bond acceptors (Lipinski definition) is 5. The van der Waals surface area contributed by atoms with Gasteiger partial charge in [0, 0.05) is 22.9 Å². The van der Waals surface area contributed by atoms with Crippen LogP contribution in [0.5, 0.6) is 0 Å². The quantitative estimate of drug-likeness (QED) is 0.215. The fraction of sp³-hybridized carbons (Fsp3) is 0.107. The highest BCUT2D eigenvalue weighted by atomic mass is 32.1. The van der Waals surface area contributed by atoms with Crippen molar-refractivity contribution >= 4 is 46.8 Å². The topological polar surface area (TPSA) is 88.8 Å². The Morgan fingerprint density at radius 2 is 1.69 bits per heavy atom. The lowest BCUT2D eigenvalue weighted by Gasteiger charge is -2.20. The summed E-state index contributed by atoms with van der Waals surface area (Å²) in [5.41, 5.74) is 4.68. The van der Waals surface area contributed by atoms with Crippen molar-refractivity contribution < 1.29 is 23.4 Å². The smallest absolute Gasteiger partial charge is 0.348 e. The standard InChI is InChI=1S/C28H24NO5PS/c1-17-8-13-25(18(2)14-17)35(32,33-3)29-22-16-26(36-27(22)28(30)31)20-11-9-19(10-12-20)24-15-21-6-4-5-7-23(21)34-24/h4-16H,1-3H3,(H,29,32)(H,30,31). The monoisotopic (exact) mass is 517 g/mol. The van der Waals surface area contributed by atoms with Crippen LogP contribution in [0.1, 0.15) is 20.8 Å². The Kier molecular flexibility index (Phi) is 6.31. The van der Waals surface area contributed by atoms with Crippen molar-refractivity contribution in [3.05, 3.63) is 94.9 Å². The molecule has 0 aliphatic carbocycles. The molecule has 2 aromatic heterocycles. The molecule has 0 saturated carbocycles. The molecular weight excluding hydrogens is 493 g/mol. The Hall–Kier alpha value is -3.64. The van der Waals surface area contributed by atoms with E-state index in [1.165, 1.54) is 7.11 Å². The first-order valence-electron chi connectivity index (χ1n) is 11.3. The number of furan rings is 1. The first-order chi connectivity index (χ1) is 17.3. The van der Waals surface area contributed by atoms with Crippen molar-refractivity contribution in [2.75, 3.05) is 12.2 Å². The molecule has 0 bridgehead atoms. The molecule has 0 saturated heterocycles. The molecule has 182 valence electrons. The second-order valence-electron chi connectivity index (χ2n) is 8.52. The summed E-state index contributed by atoms with van der Waals surface area (Å²) < 4.78 is 25.1. The number of carboxylic acid groups (broad SMARTS) is 1. The molecule has 6 nitrogen and oxygen atoms in total. The van der Waals surface area contributed by atoms with Crippen molar-refractivity contribution in [1.29, 1.82) is 0 Å². The van der Waals surface area contributed by atoms with Crippen LogP contribution in [0.15, 0.2) is 83.3 Å². The van der Waals surface area contributed by atoms with E-state index in [9.17, 15) is 14.5 Å². The lowest BCUT2D eigenvalue weighted by Crippen LogP contribution is -2.17. The molecule has 0 fully saturated rings. The van der Waals surface area contributed by atoms with E-state index in [0.717, 1.165) is 55.2 Å².